The van der Waals surface area contributed by atoms with Gasteiger partial charge in [0.25, 0.3) is 0 Å². The second-order valence-electron chi connectivity index (χ2n) is 3.81. The summed E-state index contributed by atoms with van der Waals surface area (Å²) in [4.78, 5) is 8.02. The van der Waals surface area contributed by atoms with Crippen LogP contribution in [0.4, 0.5) is 20.4 Å². The summed E-state index contributed by atoms with van der Waals surface area (Å²) >= 11 is 0. The molecule has 0 spiro atoms. The van der Waals surface area contributed by atoms with Crippen molar-refractivity contribution < 1.29 is 8.78 Å². The highest BCUT2D eigenvalue weighted by atomic mass is 19.1. The van der Waals surface area contributed by atoms with E-state index in [-0.39, 0.29) is 6.54 Å². The van der Waals surface area contributed by atoms with Crippen LogP contribution in [0.15, 0.2) is 24.3 Å². The molecule has 0 aliphatic rings. The molecule has 0 radical (unpaired) electrons. The summed E-state index contributed by atoms with van der Waals surface area (Å²) in [5.74, 6) is 0.171. The van der Waals surface area contributed by atoms with Gasteiger partial charge in [-0.3, -0.25) is 0 Å². The molecule has 6 heteroatoms. The predicted molar refractivity (Wildman–Crippen MR) is 64.9 cm³/mol. The van der Waals surface area contributed by atoms with Crippen molar-refractivity contribution in [1.82, 2.24) is 9.97 Å². The van der Waals surface area contributed by atoms with Crippen molar-refractivity contribution in [3.8, 4) is 0 Å². The molecule has 0 amide bonds. The van der Waals surface area contributed by atoms with E-state index in [1.54, 1.807) is 13.0 Å². The number of aryl methyl sites for hydroxylation is 1. The van der Waals surface area contributed by atoms with Crippen LogP contribution in [0.5, 0.6) is 0 Å². The Kier molecular flexibility index (Phi) is 3.36. The van der Waals surface area contributed by atoms with Crippen LogP contribution in [-0.4, -0.2) is 9.97 Å². The number of halogens is 2. The summed E-state index contributed by atoms with van der Waals surface area (Å²) in [6.45, 7) is 1.90. The quantitative estimate of drug-likeness (QED) is 0.877. The SMILES string of the molecule is Cc1nc(N)cc(NCc2ccc(F)cc2F)n1. The van der Waals surface area contributed by atoms with Crippen LogP contribution < -0.4 is 11.1 Å². The van der Waals surface area contributed by atoms with Crippen LogP contribution in [-0.2, 0) is 6.54 Å². The number of nitrogens with zero attached hydrogens (tertiary/aromatic N) is 2. The number of benzene rings is 1. The van der Waals surface area contributed by atoms with Gasteiger partial charge in [0.05, 0.1) is 0 Å². The molecule has 18 heavy (non-hydrogen) atoms. The van der Waals surface area contributed by atoms with Crippen LogP contribution >= 0.6 is 0 Å². The molecule has 0 aliphatic carbocycles. The van der Waals surface area contributed by atoms with Gasteiger partial charge in [0, 0.05) is 24.2 Å². The maximum Gasteiger partial charge on any atom is 0.132 e. The minimum Gasteiger partial charge on any atom is -0.384 e. The third-order valence-electron chi connectivity index (χ3n) is 2.33. The monoisotopic (exact) mass is 250 g/mol. The van der Waals surface area contributed by atoms with Crippen molar-refractivity contribution in [2.75, 3.05) is 11.1 Å². The van der Waals surface area contributed by atoms with Gasteiger partial charge in [0.15, 0.2) is 0 Å². The van der Waals surface area contributed by atoms with E-state index in [0.29, 0.717) is 23.0 Å². The van der Waals surface area contributed by atoms with E-state index in [2.05, 4.69) is 15.3 Å². The van der Waals surface area contributed by atoms with Gasteiger partial charge in [0.1, 0.15) is 29.1 Å². The Labute approximate surface area is 103 Å². The Hall–Kier alpha value is -2.24. The van der Waals surface area contributed by atoms with Gasteiger partial charge < -0.3 is 11.1 Å². The fourth-order valence-corrected chi connectivity index (χ4v) is 1.53. The molecule has 2 aromatic rings. The lowest BCUT2D eigenvalue weighted by Crippen LogP contribution is -2.06. The topological polar surface area (TPSA) is 63.8 Å². The third-order valence-corrected chi connectivity index (χ3v) is 2.33. The van der Waals surface area contributed by atoms with Gasteiger partial charge in [-0.2, -0.15) is 0 Å². The van der Waals surface area contributed by atoms with E-state index < -0.39 is 11.6 Å². The molecule has 0 bridgehead atoms. The molecule has 4 nitrogen and oxygen atoms in total. The van der Waals surface area contributed by atoms with Crippen LogP contribution in [0.25, 0.3) is 0 Å². The number of nitrogen functional groups attached to an aromatic ring is 1. The lowest BCUT2D eigenvalue weighted by molar-refractivity contribution is 0.574. The van der Waals surface area contributed by atoms with Crippen LogP contribution in [0, 0.1) is 18.6 Å². The Bertz CT molecular complexity index is 552. The number of anilines is 2. The standard InChI is InChI=1S/C12H12F2N4/c1-7-17-11(15)5-12(18-7)16-6-8-2-3-9(13)4-10(8)14/h2-5H,6H2,1H3,(H3,15,16,17,18). The molecular formula is C12H12F2N4. The van der Waals surface area contributed by atoms with Gasteiger partial charge in [-0.1, -0.05) is 6.07 Å². The molecule has 0 aliphatic heterocycles. The van der Waals surface area contributed by atoms with E-state index in [1.807, 2.05) is 0 Å². The summed E-state index contributed by atoms with van der Waals surface area (Å²) in [7, 11) is 0. The summed E-state index contributed by atoms with van der Waals surface area (Å²) in [5.41, 5.74) is 5.92. The first-order valence-corrected chi connectivity index (χ1v) is 5.33. The van der Waals surface area contributed by atoms with Crippen LogP contribution in [0.3, 0.4) is 0 Å². The van der Waals surface area contributed by atoms with Crippen LogP contribution in [0.2, 0.25) is 0 Å². The molecule has 3 N–H and O–H groups in total. The smallest absolute Gasteiger partial charge is 0.132 e. The van der Waals surface area contributed by atoms with Crippen molar-refractivity contribution in [3.05, 3.63) is 47.3 Å². The maximum atomic E-state index is 13.4. The van der Waals surface area contributed by atoms with E-state index in [0.717, 1.165) is 6.07 Å². The van der Waals surface area contributed by atoms with Gasteiger partial charge in [-0.15, -0.1) is 0 Å². The van der Waals surface area contributed by atoms with Crippen molar-refractivity contribution >= 4 is 11.6 Å². The highest BCUT2D eigenvalue weighted by molar-refractivity contribution is 5.45. The average molecular weight is 250 g/mol. The molecule has 0 saturated carbocycles. The molecule has 0 saturated heterocycles. The van der Waals surface area contributed by atoms with Crippen molar-refractivity contribution in [2.45, 2.75) is 13.5 Å². The Morgan fingerprint density at radius 2 is 2.00 bits per heavy atom. The number of rotatable bonds is 3. The van der Waals surface area contributed by atoms with Gasteiger partial charge in [0.2, 0.25) is 0 Å². The normalized spacial score (nSPS) is 10.4. The number of nitrogens with one attached hydrogen (secondary N) is 1. The van der Waals surface area contributed by atoms with Crippen molar-refractivity contribution in [1.29, 1.82) is 0 Å². The van der Waals surface area contributed by atoms with Crippen molar-refractivity contribution in [3.63, 3.8) is 0 Å². The fourth-order valence-electron chi connectivity index (χ4n) is 1.53. The Balaban J connectivity index is 2.11. The van der Waals surface area contributed by atoms with E-state index in [4.69, 9.17) is 5.73 Å². The summed E-state index contributed by atoms with van der Waals surface area (Å²) < 4.78 is 26.1. The third kappa shape index (κ3) is 2.91. The maximum absolute atomic E-state index is 13.4. The second kappa shape index (κ2) is 4.95. The summed E-state index contributed by atoms with van der Waals surface area (Å²) in [5, 5.41) is 2.91. The number of nitrogens with two attached hydrogens (primary N) is 1. The number of aromatic nitrogens is 2. The van der Waals surface area contributed by atoms with Gasteiger partial charge in [-0.25, -0.2) is 18.7 Å². The van der Waals surface area contributed by atoms with E-state index >= 15 is 0 Å². The number of hydrogen-bond acceptors (Lipinski definition) is 4. The molecule has 0 unspecified atom stereocenters. The average Bonchev–Trinajstić information content (AvgIpc) is 2.26. The molecule has 1 heterocycles. The lowest BCUT2D eigenvalue weighted by Gasteiger charge is -2.08. The Morgan fingerprint density at radius 3 is 2.67 bits per heavy atom. The minimum absolute atomic E-state index is 0.196. The fraction of sp³-hybridized carbons (Fsp3) is 0.167. The highest BCUT2D eigenvalue weighted by Gasteiger charge is 2.04. The molecule has 1 aromatic heterocycles. The molecule has 0 atom stereocenters. The zero-order valence-electron chi connectivity index (χ0n) is 9.74. The second-order valence-corrected chi connectivity index (χ2v) is 3.81. The zero-order chi connectivity index (χ0) is 13.1. The zero-order valence-corrected chi connectivity index (χ0v) is 9.74. The predicted octanol–water partition coefficient (Wildman–Crippen LogP) is 2.26. The van der Waals surface area contributed by atoms with E-state index in [9.17, 15) is 8.78 Å². The number of hydrogen-bond donors (Lipinski definition) is 2. The summed E-state index contributed by atoms with van der Waals surface area (Å²) in [6, 6.07) is 4.99. The van der Waals surface area contributed by atoms with Gasteiger partial charge >= 0.3 is 0 Å². The lowest BCUT2D eigenvalue weighted by atomic mass is 10.2. The molecule has 94 valence electrons. The molecule has 2 rings (SSSR count). The first-order chi connectivity index (χ1) is 8.54. The minimum atomic E-state index is -0.599. The molecular weight excluding hydrogens is 238 g/mol. The molecule has 0 fully saturated rings. The largest absolute Gasteiger partial charge is 0.384 e. The first kappa shape index (κ1) is 12.2. The van der Waals surface area contributed by atoms with Crippen molar-refractivity contribution in [2.24, 2.45) is 0 Å². The summed E-state index contributed by atoms with van der Waals surface area (Å²) in [6.07, 6.45) is 0. The van der Waals surface area contributed by atoms with E-state index in [1.165, 1.54) is 12.1 Å². The van der Waals surface area contributed by atoms with Crippen LogP contribution in [0.1, 0.15) is 11.4 Å². The van der Waals surface area contributed by atoms with Gasteiger partial charge in [-0.05, 0) is 13.0 Å². The Morgan fingerprint density at radius 1 is 1.22 bits per heavy atom. The molecule has 1 aromatic carbocycles. The first-order valence-electron chi connectivity index (χ1n) is 5.33. The highest BCUT2D eigenvalue weighted by Crippen LogP contribution is 2.13.